The molecule has 11 heteroatoms. The van der Waals surface area contributed by atoms with Crippen molar-refractivity contribution in [3.8, 4) is 0 Å². The predicted molar refractivity (Wildman–Crippen MR) is 101 cm³/mol. The molecule has 0 saturated heterocycles. The minimum Gasteiger partial charge on any atom is -0.428 e. The molecule has 1 atom stereocenters. The smallest absolute Gasteiger partial charge is 0.346 e. The number of rotatable bonds is 4. The summed E-state index contributed by atoms with van der Waals surface area (Å²) in [7, 11) is 0. The van der Waals surface area contributed by atoms with E-state index in [9.17, 15) is 19.5 Å². The lowest BCUT2D eigenvalue weighted by atomic mass is 10.1. The largest absolute Gasteiger partial charge is 0.428 e. The van der Waals surface area contributed by atoms with Crippen molar-refractivity contribution in [2.45, 2.75) is 24.8 Å². The minimum atomic E-state index is -1.22. The highest BCUT2D eigenvalue weighted by molar-refractivity contribution is 8.03. The zero-order valence-corrected chi connectivity index (χ0v) is 16.6. The van der Waals surface area contributed by atoms with Crippen molar-refractivity contribution in [2.75, 3.05) is 0 Å². The van der Waals surface area contributed by atoms with Gasteiger partial charge in [0.05, 0.1) is 16.7 Å². The number of fused-ring (bicyclic) bond motifs is 2. The standard InChI is InChI=1S/C18H8N2O6S3/c21-13-9-3-1-7(5-11(9)15(23)25-13)27-17-19-20-18(29-17)28-8-2-4-10-12(6-8)16(24)26-14(10)22/h1-6,13,21H. The summed E-state index contributed by atoms with van der Waals surface area (Å²) in [6.07, 6.45) is -1.22. The number of carbonyl (C=O) groups excluding carboxylic acids is 3. The fraction of sp³-hybridized carbons (Fsp3) is 0.0556. The highest BCUT2D eigenvalue weighted by atomic mass is 32.2. The maximum atomic E-state index is 11.7. The normalized spacial score (nSPS) is 17.1. The summed E-state index contributed by atoms with van der Waals surface area (Å²) in [5.74, 6) is -1.85. The number of aliphatic hydroxyl groups is 1. The fourth-order valence-electron chi connectivity index (χ4n) is 2.83. The average molecular weight is 444 g/mol. The van der Waals surface area contributed by atoms with Crippen molar-refractivity contribution in [1.29, 1.82) is 0 Å². The monoisotopic (exact) mass is 444 g/mol. The van der Waals surface area contributed by atoms with Gasteiger partial charge in [-0.1, -0.05) is 40.9 Å². The SMILES string of the molecule is O=C1OC(=O)c2cc(Sc3nnc(Sc4ccc5c(c4)C(=O)OC5O)s3)ccc21. The maximum absolute atomic E-state index is 11.7. The van der Waals surface area contributed by atoms with E-state index in [0.29, 0.717) is 19.8 Å². The molecule has 1 aromatic heterocycles. The Morgan fingerprint density at radius 3 is 2.17 bits per heavy atom. The van der Waals surface area contributed by atoms with E-state index in [1.165, 1.54) is 34.9 Å². The van der Waals surface area contributed by atoms with E-state index in [2.05, 4.69) is 14.9 Å². The molecule has 1 N–H and O–H groups in total. The van der Waals surface area contributed by atoms with Gasteiger partial charge in [0.1, 0.15) is 0 Å². The third kappa shape index (κ3) is 3.31. The summed E-state index contributed by atoms with van der Waals surface area (Å²) in [6, 6.07) is 9.93. The molecule has 0 fully saturated rings. The van der Waals surface area contributed by atoms with Crippen LogP contribution in [0, 0.1) is 0 Å². The predicted octanol–water partition coefficient (Wildman–Crippen LogP) is 3.31. The lowest BCUT2D eigenvalue weighted by molar-refractivity contribution is -0.0547. The van der Waals surface area contributed by atoms with Crippen molar-refractivity contribution in [3.63, 3.8) is 0 Å². The van der Waals surface area contributed by atoms with Gasteiger partial charge in [0, 0.05) is 15.4 Å². The van der Waals surface area contributed by atoms with Crippen LogP contribution in [0.15, 0.2) is 54.9 Å². The number of nitrogens with zero attached hydrogens (tertiary/aromatic N) is 2. The number of aliphatic hydroxyl groups excluding tert-OH is 1. The van der Waals surface area contributed by atoms with Gasteiger partial charge in [-0.3, -0.25) is 0 Å². The second kappa shape index (κ2) is 6.95. The van der Waals surface area contributed by atoms with E-state index in [1.807, 2.05) is 0 Å². The molecule has 0 bridgehead atoms. The molecule has 0 radical (unpaired) electrons. The topological polar surface area (TPSA) is 116 Å². The van der Waals surface area contributed by atoms with Gasteiger partial charge in [-0.25, -0.2) is 14.4 Å². The Balaban J connectivity index is 1.33. The van der Waals surface area contributed by atoms with E-state index in [1.54, 1.807) is 36.4 Å². The van der Waals surface area contributed by atoms with Crippen molar-refractivity contribution >= 4 is 52.8 Å². The first-order chi connectivity index (χ1) is 14.0. The quantitative estimate of drug-likeness (QED) is 0.474. The first kappa shape index (κ1) is 18.3. The fourth-order valence-corrected chi connectivity index (χ4v) is 5.88. The molecule has 0 saturated carbocycles. The molecular formula is C18H8N2O6S3. The van der Waals surface area contributed by atoms with Crippen molar-refractivity contribution < 1.29 is 29.0 Å². The van der Waals surface area contributed by atoms with E-state index < -0.39 is 24.2 Å². The van der Waals surface area contributed by atoms with Gasteiger partial charge in [0.25, 0.3) is 0 Å². The van der Waals surface area contributed by atoms with Gasteiger partial charge in [0.15, 0.2) is 8.68 Å². The van der Waals surface area contributed by atoms with Crippen LogP contribution in [0.4, 0.5) is 0 Å². The molecule has 0 aliphatic carbocycles. The van der Waals surface area contributed by atoms with Crippen LogP contribution in [0.2, 0.25) is 0 Å². The average Bonchev–Trinajstić information content (AvgIpc) is 3.33. The summed E-state index contributed by atoms with van der Waals surface area (Å²) in [5.41, 5.74) is 1.28. The number of carbonyl (C=O) groups is 3. The first-order valence-corrected chi connectivity index (χ1v) is 10.6. The number of benzene rings is 2. The molecule has 2 aromatic carbocycles. The number of aromatic nitrogens is 2. The zero-order chi connectivity index (χ0) is 20.1. The molecule has 5 rings (SSSR count). The van der Waals surface area contributed by atoms with Gasteiger partial charge in [-0.05, 0) is 30.3 Å². The maximum Gasteiger partial charge on any atom is 0.346 e. The molecule has 0 spiro atoms. The molecule has 3 heterocycles. The first-order valence-electron chi connectivity index (χ1n) is 8.11. The Hall–Kier alpha value is -2.73. The van der Waals surface area contributed by atoms with Crippen LogP contribution in [0.25, 0.3) is 0 Å². The number of ether oxygens (including phenoxy) is 2. The second-order valence-corrected chi connectivity index (χ2v) is 9.55. The minimum absolute atomic E-state index is 0.242. The van der Waals surface area contributed by atoms with Gasteiger partial charge in [-0.15, -0.1) is 10.2 Å². The second-order valence-electron chi connectivity index (χ2n) is 5.93. The van der Waals surface area contributed by atoms with Gasteiger partial charge >= 0.3 is 17.9 Å². The third-order valence-electron chi connectivity index (χ3n) is 4.14. The summed E-state index contributed by atoms with van der Waals surface area (Å²) in [4.78, 5) is 36.4. The van der Waals surface area contributed by atoms with Crippen molar-refractivity contribution in [3.05, 3.63) is 58.7 Å². The van der Waals surface area contributed by atoms with Crippen LogP contribution in [0.3, 0.4) is 0 Å². The highest BCUT2D eigenvalue weighted by Gasteiger charge is 2.30. The number of esters is 3. The van der Waals surface area contributed by atoms with E-state index in [4.69, 9.17) is 4.74 Å². The molecule has 144 valence electrons. The Morgan fingerprint density at radius 2 is 1.45 bits per heavy atom. The molecule has 0 amide bonds. The van der Waals surface area contributed by atoms with Gasteiger partial charge in [0.2, 0.25) is 6.29 Å². The molecule has 8 nitrogen and oxygen atoms in total. The van der Waals surface area contributed by atoms with Crippen molar-refractivity contribution in [2.24, 2.45) is 0 Å². The summed E-state index contributed by atoms with van der Waals surface area (Å²) >= 11 is 3.99. The molecule has 2 aliphatic heterocycles. The van der Waals surface area contributed by atoms with Crippen molar-refractivity contribution in [1.82, 2.24) is 10.2 Å². The summed E-state index contributed by atoms with van der Waals surface area (Å²) in [5, 5.41) is 17.9. The highest BCUT2D eigenvalue weighted by Crippen LogP contribution is 2.39. The van der Waals surface area contributed by atoms with E-state index in [0.717, 1.165) is 9.79 Å². The van der Waals surface area contributed by atoms with Crippen LogP contribution < -0.4 is 0 Å². The number of hydrogen-bond acceptors (Lipinski definition) is 11. The summed E-state index contributed by atoms with van der Waals surface area (Å²) < 4.78 is 10.7. The van der Waals surface area contributed by atoms with Gasteiger partial charge in [-0.2, -0.15) is 0 Å². The van der Waals surface area contributed by atoms with Crippen LogP contribution in [-0.4, -0.2) is 33.2 Å². The Kier molecular flexibility index (Phi) is 4.39. The van der Waals surface area contributed by atoms with Crippen LogP contribution in [-0.2, 0) is 9.47 Å². The molecule has 2 aliphatic rings. The van der Waals surface area contributed by atoms with Crippen LogP contribution >= 0.6 is 34.9 Å². The summed E-state index contributed by atoms with van der Waals surface area (Å²) in [6.45, 7) is 0. The molecule has 3 aromatic rings. The molecule has 29 heavy (non-hydrogen) atoms. The Morgan fingerprint density at radius 1 is 0.828 bits per heavy atom. The lowest BCUT2D eigenvalue weighted by Crippen LogP contribution is -1.96. The van der Waals surface area contributed by atoms with E-state index >= 15 is 0 Å². The number of hydrogen-bond donors (Lipinski definition) is 1. The molecule has 1 unspecified atom stereocenters. The van der Waals surface area contributed by atoms with Crippen LogP contribution in [0.1, 0.15) is 42.9 Å². The Labute approximate surface area is 175 Å². The number of cyclic esters (lactones) is 3. The van der Waals surface area contributed by atoms with Gasteiger partial charge < -0.3 is 14.6 Å². The third-order valence-corrected chi connectivity index (χ3v) is 7.15. The zero-order valence-electron chi connectivity index (χ0n) is 14.1. The molecular weight excluding hydrogens is 436 g/mol. The van der Waals surface area contributed by atoms with Crippen LogP contribution in [0.5, 0.6) is 0 Å². The Bertz CT molecular complexity index is 1210. The van der Waals surface area contributed by atoms with E-state index in [-0.39, 0.29) is 11.1 Å². The lowest BCUT2D eigenvalue weighted by Gasteiger charge is -2.01.